The molecule has 2 aliphatic rings. The van der Waals surface area contributed by atoms with E-state index in [9.17, 15) is 18.0 Å². The van der Waals surface area contributed by atoms with Crippen LogP contribution >= 0.6 is 11.6 Å². The Balaban J connectivity index is 0.00000337. The van der Waals surface area contributed by atoms with Crippen LogP contribution in [0.1, 0.15) is 40.0 Å². The molecule has 1 amide bonds. The minimum Gasteiger partial charge on any atom is -0.335 e. The second kappa shape index (κ2) is 10.9. The van der Waals surface area contributed by atoms with E-state index in [1.807, 2.05) is 0 Å². The van der Waals surface area contributed by atoms with E-state index in [1.165, 1.54) is 12.1 Å². The Morgan fingerprint density at radius 3 is 2.44 bits per heavy atom. The number of aliphatic imine (C=N–C) groups is 1. The fourth-order valence-electron chi connectivity index (χ4n) is 4.84. The summed E-state index contributed by atoms with van der Waals surface area (Å²) in [5.41, 5.74) is 8.58. The van der Waals surface area contributed by atoms with Crippen molar-refractivity contribution in [3.8, 4) is 11.3 Å². The third kappa shape index (κ3) is 5.53. The van der Waals surface area contributed by atoms with Gasteiger partial charge in [0, 0.05) is 63.9 Å². The van der Waals surface area contributed by atoms with Crippen LogP contribution in [0.5, 0.6) is 0 Å². The molecule has 4 aromatic rings. The first-order valence-electron chi connectivity index (χ1n) is 12.5. The molecule has 1 fully saturated rings. The smallest absolute Gasteiger partial charge is 0.335 e. The molecule has 1 aromatic heterocycles. The van der Waals surface area contributed by atoms with Crippen LogP contribution < -0.4 is 11.1 Å². The van der Waals surface area contributed by atoms with Crippen molar-refractivity contribution in [3.05, 3.63) is 106 Å². The second-order valence-corrected chi connectivity index (χ2v) is 10.1. The number of fused-ring (bicyclic) bond motifs is 3. The van der Waals surface area contributed by atoms with Gasteiger partial charge in [0.1, 0.15) is 0 Å². The standard InChI is InChI=1S/C29H22ClF3N6O.CH4/c30-18-7-10-21-23(11-18)26(22-3-1-2-4-24(22)29(31,32)33)35-12-17-13-36-28(38-25(17)21)37-20-8-5-16(6-9-20)27(40)39-14-19(34)15-39;/h1-11,13,19H,12,14-15,34H2,(H,36,37,38);1H4. The highest BCUT2D eigenvalue weighted by atomic mass is 35.5. The van der Waals surface area contributed by atoms with Gasteiger partial charge in [0.15, 0.2) is 0 Å². The number of nitrogens with zero attached hydrogens (tertiary/aromatic N) is 4. The number of hydrogen-bond acceptors (Lipinski definition) is 6. The topological polar surface area (TPSA) is 96.5 Å². The third-order valence-electron chi connectivity index (χ3n) is 6.84. The summed E-state index contributed by atoms with van der Waals surface area (Å²) < 4.78 is 41.7. The number of aromatic nitrogens is 2. The van der Waals surface area contributed by atoms with Gasteiger partial charge in [-0.15, -0.1) is 0 Å². The number of benzene rings is 3. The molecule has 11 heteroatoms. The first-order chi connectivity index (χ1) is 19.2. The van der Waals surface area contributed by atoms with Crippen LogP contribution in [0.4, 0.5) is 24.8 Å². The molecule has 0 unspecified atom stereocenters. The zero-order chi connectivity index (χ0) is 28.0. The number of hydrogen-bond donors (Lipinski definition) is 2. The van der Waals surface area contributed by atoms with Crippen LogP contribution in [-0.2, 0) is 12.7 Å². The number of rotatable bonds is 4. The van der Waals surface area contributed by atoms with Crippen molar-refractivity contribution in [3.63, 3.8) is 0 Å². The number of nitrogens with one attached hydrogen (secondary N) is 1. The second-order valence-electron chi connectivity index (χ2n) is 9.64. The lowest BCUT2D eigenvalue weighted by Crippen LogP contribution is -2.57. The lowest BCUT2D eigenvalue weighted by atomic mass is 9.92. The average molecular weight is 579 g/mol. The number of carbonyl (C=O) groups is 1. The lowest BCUT2D eigenvalue weighted by molar-refractivity contribution is -0.137. The van der Waals surface area contributed by atoms with E-state index < -0.39 is 11.7 Å². The van der Waals surface area contributed by atoms with E-state index in [0.717, 1.165) is 6.07 Å². The minimum absolute atomic E-state index is 0. The molecule has 0 atom stereocenters. The van der Waals surface area contributed by atoms with E-state index in [2.05, 4.69) is 15.3 Å². The Hall–Kier alpha value is -4.28. The quantitative estimate of drug-likeness (QED) is 0.295. The third-order valence-corrected chi connectivity index (χ3v) is 7.07. The number of likely N-dealkylation sites (tertiary alicyclic amines) is 1. The molecule has 1 saturated heterocycles. The summed E-state index contributed by atoms with van der Waals surface area (Å²) in [6.45, 7) is 1.17. The van der Waals surface area contributed by atoms with Gasteiger partial charge >= 0.3 is 6.18 Å². The van der Waals surface area contributed by atoms with E-state index in [4.69, 9.17) is 22.3 Å². The molecular formula is C30H26ClF3N6O. The predicted octanol–water partition coefficient (Wildman–Crippen LogP) is 6.33. The number of alkyl halides is 3. The molecule has 6 rings (SSSR count). The highest BCUT2D eigenvalue weighted by Gasteiger charge is 2.35. The van der Waals surface area contributed by atoms with Crippen LogP contribution in [0, 0.1) is 0 Å². The van der Waals surface area contributed by atoms with Crippen molar-refractivity contribution in [2.45, 2.75) is 26.2 Å². The molecule has 210 valence electrons. The summed E-state index contributed by atoms with van der Waals surface area (Å²) in [4.78, 5) is 27.9. The van der Waals surface area contributed by atoms with Gasteiger partial charge in [0.2, 0.25) is 5.95 Å². The van der Waals surface area contributed by atoms with Crippen LogP contribution in [0.25, 0.3) is 11.3 Å². The molecule has 0 saturated carbocycles. The van der Waals surface area contributed by atoms with E-state index >= 15 is 0 Å². The molecule has 7 nitrogen and oxygen atoms in total. The molecule has 3 aromatic carbocycles. The summed E-state index contributed by atoms with van der Waals surface area (Å²) in [5, 5.41) is 3.50. The fraction of sp³-hybridized carbons (Fsp3) is 0.200. The summed E-state index contributed by atoms with van der Waals surface area (Å²) >= 11 is 6.30. The summed E-state index contributed by atoms with van der Waals surface area (Å²) in [6.07, 6.45) is -2.95. The first-order valence-corrected chi connectivity index (χ1v) is 12.8. The monoisotopic (exact) mass is 578 g/mol. The molecule has 3 heterocycles. The molecule has 0 aliphatic carbocycles. The van der Waals surface area contributed by atoms with Crippen molar-refractivity contribution in [2.75, 3.05) is 18.4 Å². The molecule has 0 spiro atoms. The molecule has 3 N–H and O–H groups in total. The summed E-state index contributed by atoms with van der Waals surface area (Å²) in [7, 11) is 0. The van der Waals surface area contributed by atoms with Crippen LogP contribution in [0.2, 0.25) is 5.02 Å². The first kappa shape index (κ1) is 28.3. The molecule has 41 heavy (non-hydrogen) atoms. The molecule has 0 bridgehead atoms. The molecule has 2 aliphatic heterocycles. The van der Waals surface area contributed by atoms with Gasteiger partial charge in [-0.2, -0.15) is 13.2 Å². The maximum atomic E-state index is 13.9. The van der Waals surface area contributed by atoms with Gasteiger partial charge in [0.05, 0.1) is 23.5 Å². The van der Waals surface area contributed by atoms with Gasteiger partial charge in [-0.25, -0.2) is 9.97 Å². The van der Waals surface area contributed by atoms with E-state index in [0.29, 0.717) is 51.7 Å². The SMILES string of the molecule is C.NC1CN(C(=O)c2ccc(Nc3ncc4c(n3)-c3ccc(Cl)cc3C(c3ccccc3C(F)(F)F)=NC4)cc2)C1. The predicted molar refractivity (Wildman–Crippen MR) is 154 cm³/mol. The zero-order valence-corrected chi connectivity index (χ0v) is 21.7. The zero-order valence-electron chi connectivity index (χ0n) is 20.9. The Morgan fingerprint density at radius 1 is 1.00 bits per heavy atom. The minimum atomic E-state index is -4.56. The van der Waals surface area contributed by atoms with Gasteiger partial charge in [-0.05, 0) is 42.5 Å². The van der Waals surface area contributed by atoms with Crippen molar-refractivity contribution in [1.82, 2.24) is 14.9 Å². The normalized spacial score (nSPS) is 14.6. The largest absolute Gasteiger partial charge is 0.417 e. The number of nitrogens with two attached hydrogens (primary N) is 1. The Bertz CT molecular complexity index is 1650. The van der Waals surface area contributed by atoms with Crippen LogP contribution in [0.15, 0.2) is 77.9 Å². The van der Waals surface area contributed by atoms with Crippen molar-refractivity contribution in [1.29, 1.82) is 0 Å². The Kier molecular flexibility index (Phi) is 7.54. The van der Waals surface area contributed by atoms with Crippen molar-refractivity contribution >= 4 is 34.9 Å². The Morgan fingerprint density at radius 2 is 1.73 bits per heavy atom. The maximum Gasteiger partial charge on any atom is 0.417 e. The van der Waals surface area contributed by atoms with Crippen molar-refractivity contribution in [2.24, 2.45) is 10.7 Å². The summed E-state index contributed by atoms with van der Waals surface area (Å²) in [6, 6.07) is 17.3. The number of amides is 1. The van der Waals surface area contributed by atoms with Crippen LogP contribution in [-0.4, -0.2) is 45.6 Å². The Labute approximate surface area is 239 Å². The van der Waals surface area contributed by atoms with Gasteiger partial charge in [-0.1, -0.05) is 43.3 Å². The molecular weight excluding hydrogens is 553 g/mol. The maximum absolute atomic E-state index is 13.9. The van der Waals surface area contributed by atoms with E-state index in [1.54, 1.807) is 59.6 Å². The number of carbonyl (C=O) groups excluding carboxylic acids is 1. The lowest BCUT2D eigenvalue weighted by Gasteiger charge is -2.36. The van der Waals surface area contributed by atoms with E-state index in [-0.39, 0.29) is 43.1 Å². The molecule has 0 radical (unpaired) electrons. The average Bonchev–Trinajstić information content (AvgIpc) is 3.07. The summed E-state index contributed by atoms with van der Waals surface area (Å²) in [5.74, 6) is 0.208. The number of halogens is 4. The fourth-order valence-corrected chi connectivity index (χ4v) is 5.01. The van der Waals surface area contributed by atoms with Gasteiger partial charge in [0.25, 0.3) is 5.91 Å². The van der Waals surface area contributed by atoms with Gasteiger partial charge in [-0.3, -0.25) is 9.79 Å². The van der Waals surface area contributed by atoms with Crippen molar-refractivity contribution < 1.29 is 18.0 Å². The van der Waals surface area contributed by atoms with Crippen LogP contribution in [0.3, 0.4) is 0 Å². The highest BCUT2D eigenvalue weighted by molar-refractivity contribution is 6.31. The number of anilines is 2. The van der Waals surface area contributed by atoms with Gasteiger partial charge < -0.3 is 16.0 Å². The highest BCUT2D eigenvalue weighted by Crippen LogP contribution is 2.38.